The van der Waals surface area contributed by atoms with E-state index in [0.29, 0.717) is 13.0 Å². The second-order valence-corrected chi connectivity index (χ2v) is 5.36. The highest BCUT2D eigenvalue weighted by Crippen LogP contribution is 2.20. The molecule has 0 spiro atoms. The average Bonchev–Trinajstić information content (AvgIpc) is 2.41. The maximum Gasteiger partial charge on any atom is 0.221 e. The molecule has 1 rings (SSSR count). The van der Waals surface area contributed by atoms with E-state index < -0.39 is 0 Å². The molecule has 0 aliphatic heterocycles. The second-order valence-electron chi connectivity index (χ2n) is 5.36. The van der Waals surface area contributed by atoms with Gasteiger partial charge in [0.25, 0.3) is 0 Å². The van der Waals surface area contributed by atoms with Crippen LogP contribution in [-0.4, -0.2) is 35.5 Å². The number of aryl methyl sites for hydroxylation is 1. The van der Waals surface area contributed by atoms with Crippen LogP contribution in [0.25, 0.3) is 0 Å². The Morgan fingerprint density at radius 3 is 2.48 bits per heavy atom. The van der Waals surface area contributed by atoms with Crippen molar-refractivity contribution < 1.29 is 4.79 Å². The van der Waals surface area contributed by atoms with Gasteiger partial charge in [-0.25, -0.2) is 9.97 Å². The highest BCUT2D eigenvalue weighted by atomic mass is 16.1. The molecule has 0 aliphatic carbocycles. The van der Waals surface area contributed by atoms with Crippen molar-refractivity contribution in [1.29, 1.82) is 0 Å². The third-order valence-corrected chi connectivity index (χ3v) is 3.00. The largest absolute Gasteiger partial charge is 0.373 e. The minimum Gasteiger partial charge on any atom is -0.373 e. The van der Waals surface area contributed by atoms with Crippen LogP contribution in [0.1, 0.15) is 45.0 Å². The van der Waals surface area contributed by atoms with E-state index in [2.05, 4.69) is 32.8 Å². The Labute approximate surface area is 127 Å². The number of nitrogens with one attached hydrogen (secondary N) is 3. The Balaban J connectivity index is 2.69. The zero-order valence-electron chi connectivity index (χ0n) is 13.7. The number of rotatable bonds is 8. The zero-order valence-corrected chi connectivity index (χ0v) is 13.7. The van der Waals surface area contributed by atoms with Crippen molar-refractivity contribution in [3.8, 4) is 0 Å². The Bertz CT molecular complexity index is 473. The van der Waals surface area contributed by atoms with Crippen molar-refractivity contribution in [2.45, 2.75) is 53.0 Å². The summed E-state index contributed by atoms with van der Waals surface area (Å²) in [7, 11) is 1.85. The van der Waals surface area contributed by atoms with Crippen LogP contribution in [0.3, 0.4) is 0 Å². The minimum absolute atomic E-state index is 0.0480. The molecule has 1 heterocycles. The predicted octanol–water partition coefficient (Wildman–Crippen LogP) is 2.11. The molecule has 1 aromatic heterocycles. The van der Waals surface area contributed by atoms with Gasteiger partial charge >= 0.3 is 0 Å². The number of hydrogen-bond donors (Lipinski definition) is 3. The van der Waals surface area contributed by atoms with Crippen molar-refractivity contribution in [1.82, 2.24) is 15.3 Å². The number of hydrogen-bond acceptors (Lipinski definition) is 5. The normalized spacial score (nSPS) is 10.6. The van der Waals surface area contributed by atoms with Crippen LogP contribution in [0.4, 0.5) is 11.6 Å². The van der Waals surface area contributed by atoms with Gasteiger partial charge < -0.3 is 16.0 Å². The lowest BCUT2D eigenvalue weighted by Crippen LogP contribution is -2.31. The van der Waals surface area contributed by atoms with E-state index in [4.69, 9.17) is 0 Å². The van der Waals surface area contributed by atoms with Gasteiger partial charge in [-0.3, -0.25) is 4.79 Å². The Morgan fingerprint density at radius 1 is 1.24 bits per heavy atom. The quantitative estimate of drug-likeness (QED) is 0.684. The molecular formula is C15H27N5O. The maximum atomic E-state index is 11.6. The van der Waals surface area contributed by atoms with Crippen LogP contribution in [0.5, 0.6) is 0 Å². The van der Waals surface area contributed by atoms with E-state index in [1.54, 1.807) is 0 Å². The molecule has 0 saturated heterocycles. The van der Waals surface area contributed by atoms with Gasteiger partial charge in [-0.2, -0.15) is 0 Å². The van der Waals surface area contributed by atoms with Crippen molar-refractivity contribution in [3.05, 3.63) is 11.4 Å². The average molecular weight is 293 g/mol. The third-order valence-electron chi connectivity index (χ3n) is 3.00. The molecule has 0 aliphatic rings. The van der Waals surface area contributed by atoms with Crippen molar-refractivity contribution in [3.63, 3.8) is 0 Å². The predicted molar refractivity (Wildman–Crippen MR) is 86.7 cm³/mol. The highest BCUT2D eigenvalue weighted by molar-refractivity contribution is 5.76. The summed E-state index contributed by atoms with van der Waals surface area (Å²) in [4.78, 5) is 20.6. The van der Waals surface area contributed by atoms with E-state index >= 15 is 0 Å². The molecule has 0 bridgehead atoms. The number of aromatic nitrogens is 2. The van der Waals surface area contributed by atoms with E-state index in [1.807, 2.05) is 27.8 Å². The second kappa shape index (κ2) is 8.44. The lowest BCUT2D eigenvalue weighted by atomic mass is 10.2. The Kier molecular flexibility index (Phi) is 6.91. The molecule has 0 radical (unpaired) electrons. The molecule has 6 nitrogen and oxygen atoms in total. The molecular weight excluding hydrogens is 266 g/mol. The summed E-state index contributed by atoms with van der Waals surface area (Å²) in [5.41, 5.74) is 0.974. The lowest BCUT2D eigenvalue weighted by molar-refractivity contribution is -0.121. The van der Waals surface area contributed by atoms with Gasteiger partial charge in [-0.1, -0.05) is 6.92 Å². The van der Waals surface area contributed by atoms with Crippen LogP contribution < -0.4 is 16.0 Å². The number of nitrogens with zero attached hydrogens (tertiary/aromatic N) is 2. The summed E-state index contributed by atoms with van der Waals surface area (Å²) in [6.07, 6.45) is 2.28. The lowest BCUT2D eigenvalue weighted by Gasteiger charge is -2.14. The van der Waals surface area contributed by atoms with Gasteiger partial charge in [0, 0.05) is 38.0 Å². The molecule has 118 valence electrons. The fourth-order valence-corrected chi connectivity index (χ4v) is 2.00. The van der Waals surface area contributed by atoms with Crippen LogP contribution >= 0.6 is 0 Å². The smallest absolute Gasteiger partial charge is 0.221 e. The van der Waals surface area contributed by atoms with Crippen LogP contribution in [0, 0.1) is 6.92 Å². The Hall–Kier alpha value is -1.85. The maximum absolute atomic E-state index is 11.6. The molecule has 0 unspecified atom stereocenters. The third kappa shape index (κ3) is 5.57. The van der Waals surface area contributed by atoms with Crippen LogP contribution in [0.15, 0.2) is 0 Å². The minimum atomic E-state index is 0.0480. The summed E-state index contributed by atoms with van der Waals surface area (Å²) in [6.45, 7) is 8.54. The van der Waals surface area contributed by atoms with E-state index in [-0.39, 0.29) is 11.9 Å². The summed E-state index contributed by atoms with van der Waals surface area (Å²) < 4.78 is 0. The highest BCUT2D eigenvalue weighted by Gasteiger charge is 2.10. The first-order valence-corrected chi connectivity index (χ1v) is 7.56. The molecule has 0 saturated carbocycles. The molecule has 1 amide bonds. The molecule has 0 fully saturated rings. The van der Waals surface area contributed by atoms with Crippen molar-refractivity contribution in [2.75, 3.05) is 24.2 Å². The first-order chi connectivity index (χ1) is 9.97. The van der Waals surface area contributed by atoms with Gasteiger partial charge in [0.2, 0.25) is 5.91 Å². The number of anilines is 2. The fourth-order valence-electron chi connectivity index (χ4n) is 2.00. The summed E-state index contributed by atoms with van der Waals surface area (Å²) in [5.74, 6) is 2.51. The van der Waals surface area contributed by atoms with Gasteiger partial charge in [0.05, 0.1) is 0 Å². The Morgan fingerprint density at radius 2 is 1.90 bits per heavy atom. The molecule has 6 heteroatoms. The molecule has 21 heavy (non-hydrogen) atoms. The summed E-state index contributed by atoms with van der Waals surface area (Å²) in [5, 5.41) is 9.20. The van der Waals surface area contributed by atoms with Gasteiger partial charge in [-0.15, -0.1) is 0 Å². The number of amides is 1. The van der Waals surface area contributed by atoms with E-state index in [1.165, 1.54) is 0 Å². The monoisotopic (exact) mass is 293 g/mol. The van der Waals surface area contributed by atoms with Gasteiger partial charge in [0.15, 0.2) is 0 Å². The summed E-state index contributed by atoms with van der Waals surface area (Å²) in [6, 6.07) is 0.172. The molecule has 0 aromatic carbocycles. The first kappa shape index (κ1) is 17.2. The molecule has 1 aromatic rings. The topological polar surface area (TPSA) is 78.9 Å². The first-order valence-electron chi connectivity index (χ1n) is 7.56. The van der Waals surface area contributed by atoms with Crippen molar-refractivity contribution >= 4 is 17.5 Å². The van der Waals surface area contributed by atoms with E-state index in [9.17, 15) is 4.79 Å². The summed E-state index contributed by atoms with van der Waals surface area (Å²) >= 11 is 0. The molecule has 3 N–H and O–H groups in total. The van der Waals surface area contributed by atoms with Crippen molar-refractivity contribution in [2.24, 2.45) is 0 Å². The van der Waals surface area contributed by atoms with Crippen LogP contribution in [0.2, 0.25) is 0 Å². The van der Waals surface area contributed by atoms with Crippen LogP contribution in [-0.2, 0) is 11.2 Å². The van der Waals surface area contributed by atoms with Gasteiger partial charge in [-0.05, 0) is 27.2 Å². The van der Waals surface area contributed by atoms with E-state index in [0.717, 1.165) is 35.9 Å². The number of carbonyl (C=O) groups is 1. The van der Waals surface area contributed by atoms with Gasteiger partial charge in [0.1, 0.15) is 17.5 Å². The zero-order chi connectivity index (χ0) is 15.8. The fraction of sp³-hybridized carbons (Fsp3) is 0.667. The SMILES string of the molecule is CCCc1nc(NC)c(C)c(NCCC(=O)NC(C)C)n1. The standard InChI is InChI=1S/C15H27N5O/c1-6-7-12-19-14(16-5)11(4)15(20-12)17-9-8-13(21)18-10(2)3/h10H,6-9H2,1-5H3,(H,18,21)(H2,16,17,19,20). The molecule has 0 atom stereocenters. The number of carbonyl (C=O) groups excluding carboxylic acids is 1.